The summed E-state index contributed by atoms with van der Waals surface area (Å²) in [5.41, 5.74) is 5.45. The summed E-state index contributed by atoms with van der Waals surface area (Å²) in [6.07, 6.45) is 0.327. The molecule has 39 heavy (non-hydrogen) atoms. The number of carbonyl (C=O) groups is 2. The van der Waals surface area contributed by atoms with E-state index in [4.69, 9.17) is 0 Å². The van der Waals surface area contributed by atoms with Crippen molar-refractivity contribution >= 4 is 17.6 Å². The van der Waals surface area contributed by atoms with Gasteiger partial charge in [-0.25, -0.2) is 4.79 Å². The highest BCUT2D eigenvalue weighted by molar-refractivity contribution is 5.91. The van der Waals surface area contributed by atoms with Crippen LogP contribution in [-0.4, -0.2) is 65.9 Å². The number of piperazine rings is 1. The second-order valence-corrected chi connectivity index (χ2v) is 10.9. The van der Waals surface area contributed by atoms with Gasteiger partial charge < -0.3 is 15.1 Å². The minimum absolute atomic E-state index is 0.110. The topological polar surface area (TPSA) is 55.9 Å². The summed E-state index contributed by atoms with van der Waals surface area (Å²) in [4.78, 5) is 32.7. The zero-order chi connectivity index (χ0) is 27.8. The normalized spacial score (nSPS) is 14.1. The van der Waals surface area contributed by atoms with Gasteiger partial charge in [-0.15, -0.1) is 0 Å². The average molecular weight is 527 g/mol. The molecule has 0 saturated carbocycles. The number of para-hydroxylation sites is 1. The number of nitrogens with zero attached hydrogens (tertiary/aromatic N) is 3. The molecule has 3 aromatic rings. The summed E-state index contributed by atoms with van der Waals surface area (Å²) in [6.45, 7) is 12.2. The van der Waals surface area contributed by atoms with Gasteiger partial charge in [0.1, 0.15) is 0 Å². The Morgan fingerprint density at radius 1 is 0.795 bits per heavy atom. The first kappa shape index (κ1) is 28.4. The molecule has 1 aliphatic heterocycles. The van der Waals surface area contributed by atoms with Gasteiger partial charge in [0.15, 0.2) is 0 Å². The number of hydrogen-bond acceptors (Lipinski definition) is 3. The lowest BCUT2D eigenvalue weighted by Gasteiger charge is -2.40. The Bertz CT molecular complexity index is 1160. The van der Waals surface area contributed by atoms with Crippen molar-refractivity contribution in [2.75, 3.05) is 44.6 Å². The molecule has 1 heterocycles. The zero-order valence-electron chi connectivity index (χ0n) is 23.8. The largest absolute Gasteiger partial charge is 0.340 e. The standard InChI is InChI=1S/C33H42N4O2/c1-25(2)24-37(33(39)34-31-26(3)12-11-13-27(31)4)19-18-30(38)35-20-22-36(23-21-35)32(28-14-7-5-8-15-28)29-16-9-6-10-17-29/h5-17,25,32H,18-24H2,1-4H3,(H,34,39). The quantitative estimate of drug-likeness (QED) is 0.366. The van der Waals surface area contributed by atoms with Crippen LogP contribution in [0, 0.1) is 19.8 Å². The van der Waals surface area contributed by atoms with Crippen molar-refractivity contribution in [2.45, 2.75) is 40.2 Å². The summed E-state index contributed by atoms with van der Waals surface area (Å²) < 4.78 is 0. The van der Waals surface area contributed by atoms with Crippen LogP contribution in [0.2, 0.25) is 0 Å². The Balaban J connectivity index is 1.36. The van der Waals surface area contributed by atoms with E-state index in [9.17, 15) is 9.59 Å². The first-order valence-electron chi connectivity index (χ1n) is 14.1. The molecule has 0 radical (unpaired) electrons. The number of nitrogens with one attached hydrogen (secondary N) is 1. The molecule has 1 N–H and O–H groups in total. The Morgan fingerprint density at radius 2 is 1.33 bits per heavy atom. The molecule has 6 nitrogen and oxygen atoms in total. The highest BCUT2D eigenvalue weighted by atomic mass is 16.2. The molecule has 0 aliphatic carbocycles. The summed E-state index contributed by atoms with van der Waals surface area (Å²) in [7, 11) is 0. The minimum atomic E-state index is -0.146. The van der Waals surface area contributed by atoms with Crippen LogP contribution in [0.4, 0.5) is 10.5 Å². The summed E-state index contributed by atoms with van der Waals surface area (Å²) in [5, 5.41) is 3.09. The van der Waals surface area contributed by atoms with Crippen molar-refractivity contribution in [2.24, 2.45) is 5.92 Å². The third-order valence-corrected chi connectivity index (χ3v) is 7.44. The van der Waals surface area contributed by atoms with Crippen LogP contribution in [0.25, 0.3) is 0 Å². The van der Waals surface area contributed by atoms with E-state index in [1.165, 1.54) is 11.1 Å². The molecule has 3 amide bonds. The number of urea groups is 1. The number of rotatable bonds is 9. The monoisotopic (exact) mass is 526 g/mol. The van der Waals surface area contributed by atoms with Crippen molar-refractivity contribution < 1.29 is 9.59 Å². The van der Waals surface area contributed by atoms with Crippen LogP contribution >= 0.6 is 0 Å². The number of amides is 3. The van der Waals surface area contributed by atoms with Crippen molar-refractivity contribution in [1.29, 1.82) is 0 Å². The molecule has 3 aromatic carbocycles. The number of carbonyl (C=O) groups excluding carboxylic acids is 2. The number of anilines is 1. The van der Waals surface area contributed by atoms with E-state index in [1.54, 1.807) is 4.90 Å². The van der Waals surface area contributed by atoms with Gasteiger partial charge in [0.2, 0.25) is 5.91 Å². The van der Waals surface area contributed by atoms with E-state index < -0.39 is 0 Å². The molecule has 1 aliphatic rings. The van der Waals surface area contributed by atoms with Crippen LogP contribution < -0.4 is 5.32 Å². The van der Waals surface area contributed by atoms with Gasteiger partial charge in [-0.2, -0.15) is 0 Å². The highest BCUT2D eigenvalue weighted by Crippen LogP contribution is 2.29. The lowest BCUT2D eigenvalue weighted by molar-refractivity contribution is -0.133. The SMILES string of the molecule is Cc1cccc(C)c1NC(=O)N(CCC(=O)N1CCN(C(c2ccccc2)c2ccccc2)CC1)CC(C)C. The molecule has 1 saturated heterocycles. The van der Waals surface area contributed by atoms with Gasteiger partial charge >= 0.3 is 6.03 Å². The fourth-order valence-electron chi connectivity index (χ4n) is 5.42. The van der Waals surface area contributed by atoms with Gasteiger partial charge in [-0.3, -0.25) is 9.69 Å². The number of hydrogen-bond donors (Lipinski definition) is 1. The third-order valence-electron chi connectivity index (χ3n) is 7.44. The predicted octanol–water partition coefficient (Wildman–Crippen LogP) is 6.12. The molecule has 0 bridgehead atoms. The Kier molecular flexibility index (Phi) is 9.77. The molecule has 0 unspecified atom stereocenters. The Labute approximate surface area is 233 Å². The van der Waals surface area contributed by atoms with Gasteiger partial charge in [0, 0.05) is 51.4 Å². The fraction of sp³-hybridized carbons (Fsp3) is 0.394. The van der Waals surface area contributed by atoms with Crippen molar-refractivity contribution in [3.8, 4) is 0 Å². The smallest absolute Gasteiger partial charge is 0.321 e. The average Bonchev–Trinajstić information content (AvgIpc) is 2.94. The maximum Gasteiger partial charge on any atom is 0.321 e. The molecular formula is C33H42N4O2. The molecule has 0 spiro atoms. The molecule has 0 atom stereocenters. The minimum Gasteiger partial charge on any atom is -0.340 e. The summed E-state index contributed by atoms with van der Waals surface area (Å²) in [5.74, 6) is 0.416. The van der Waals surface area contributed by atoms with E-state index in [1.807, 2.05) is 49.1 Å². The predicted molar refractivity (Wildman–Crippen MR) is 159 cm³/mol. The van der Waals surface area contributed by atoms with Crippen LogP contribution in [0.3, 0.4) is 0 Å². The first-order valence-corrected chi connectivity index (χ1v) is 14.1. The van der Waals surface area contributed by atoms with Gasteiger partial charge in [-0.1, -0.05) is 92.7 Å². The summed E-state index contributed by atoms with van der Waals surface area (Å²) in [6, 6.07) is 27.2. The van der Waals surface area contributed by atoms with Crippen molar-refractivity contribution in [1.82, 2.24) is 14.7 Å². The third kappa shape index (κ3) is 7.48. The molecule has 1 fully saturated rings. The lowest BCUT2D eigenvalue weighted by atomic mass is 9.96. The van der Waals surface area contributed by atoms with Crippen molar-refractivity contribution in [3.63, 3.8) is 0 Å². The maximum absolute atomic E-state index is 13.2. The van der Waals surface area contributed by atoms with Crippen LogP contribution in [0.1, 0.15) is 48.6 Å². The van der Waals surface area contributed by atoms with E-state index in [2.05, 4.69) is 72.6 Å². The second kappa shape index (κ2) is 13.4. The van der Waals surface area contributed by atoms with Gasteiger partial charge in [-0.05, 0) is 42.0 Å². The second-order valence-electron chi connectivity index (χ2n) is 10.9. The number of benzene rings is 3. The molecule has 4 rings (SSSR count). The molecular weight excluding hydrogens is 484 g/mol. The molecule has 0 aromatic heterocycles. The zero-order valence-corrected chi connectivity index (χ0v) is 23.8. The lowest BCUT2D eigenvalue weighted by Crippen LogP contribution is -2.50. The summed E-state index contributed by atoms with van der Waals surface area (Å²) >= 11 is 0. The molecule has 206 valence electrons. The van der Waals surface area contributed by atoms with Crippen LogP contribution in [0.15, 0.2) is 78.9 Å². The molecule has 6 heteroatoms. The van der Waals surface area contributed by atoms with Gasteiger partial charge in [0.05, 0.1) is 6.04 Å². The highest BCUT2D eigenvalue weighted by Gasteiger charge is 2.28. The maximum atomic E-state index is 13.2. The van der Waals surface area contributed by atoms with E-state index in [0.717, 1.165) is 29.9 Å². The number of aryl methyl sites for hydroxylation is 2. The van der Waals surface area contributed by atoms with Crippen molar-refractivity contribution in [3.05, 3.63) is 101 Å². The Hall–Kier alpha value is -3.64. The van der Waals surface area contributed by atoms with E-state index >= 15 is 0 Å². The first-order chi connectivity index (χ1) is 18.8. The van der Waals surface area contributed by atoms with Gasteiger partial charge in [0.25, 0.3) is 0 Å². The van der Waals surface area contributed by atoms with Crippen LogP contribution in [0.5, 0.6) is 0 Å². The van der Waals surface area contributed by atoms with Crippen LogP contribution in [-0.2, 0) is 4.79 Å². The fourth-order valence-corrected chi connectivity index (χ4v) is 5.42. The van der Waals surface area contributed by atoms with E-state index in [0.29, 0.717) is 38.5 Å². The van der Waals surface area contributed by atoms with E-state index in [-0.39, 0.29) is 18.0 Å². The Morgan fingerprint density at radius 3 is 1.85 bits per heavy atom.